The summed E-state index contributed by atoms with van der Waals surface area (Å²) in [7, 11) is 3.03. The van der Waals surface area contributed by atoms with E-state index in [1.807, 2.05) is 0 Å². The van der Waals surface area contributed by atoms with Gasteiger partial charge in [0.25, 0.3) is 0 Å². The number of hydrogen-bond donors (Lipinski definition) is 0. The Hall–Kier alpha value is -1.49. The van der Waals surface area contributed by atoms with E-state index in [0.29, 0.717) is 21.6 Å². The standard InChI is InChI=1S/C11H9BrO4/c1-14-8-4-3-6-5-7(12)11(13)16-9(6)10(8)15-2/h3-5H,1-2H3. The number of rotatable bonds is 2. The summed E-state index contributed by atoms with van der Waals surface area (Å²) in [5.41, 5.74) is -0.0610. The van der Waals surface area contributed by atoms with Crippen molar-refractivity contribution in [2.45, 2.75) is 0 Å². The molecule has 2 aromatic rings. The quantitative estimate of drug-likeness (QED) is 0.796. The first-order valence-corrected chi connectivity index (χ1v) is 5.31. The monoisotopic (exact) mass is 284 g/mol. The first-order valence-electron chi connectivity index (χ1n) is 4.51. The summed E-state index contributed by atoms with van der Waals surface area (Å²) in [5, 5.41) is 0.768. The van der Waals surface area contributed by atoms with Crippen molar-refractivity contribution >= 4 is 26.9 Å². The fourth-order valence-electron chi connectivity index (χ4n) is 1.47. The van der Waals surface area contributed by atoms with Crippen LogP contribution in [-0.4, -0.2) is 14.2 Å². The van der Waals surface area contributed by atoms with Gasteiger partial charge in [0, 0.05) is 5.39 Å². The zero-order valence-electron chi connectivity index (χ0n) is 8.74. The Bertz CT molecular complexity index is 588. The lowest BCUT2D eigenvalue weighted by molar-refractivity contribution is 0.352. The fraction of sp³-hybridized carbons (Fsp3) is 0.182. The molecule has 0 aliphatic rings. The maximum absolute atomic E-state index is 11.4. The molecule has 0 aliphatic heterocycles. The molecule has 84 valence electrons. The molecule has 2 rings (SSSR count). The van der Waals surface area contributed by atoms with E-state index in [4.69, 9.17) is 13.9 Å². The van der Waals surface area contributed by atoms with Gasteiger partial charge in [-0.25, -0.2) is 4.79 Å². The van der Waals surface area contributed by atoms with Gasteiger partial charge in [-0.2, -0.15) is 0 Å². The van der Waals surface area contributed by atoms with Crippen molar-refractivity contribution in [2.75, 3.05) is 14.2 Å². The van der Waals surface area contributed by atoms with Crippen molar-refractivity contribution in [1.82, 2.24) is 0 Å². The Morgan fingerprint density at radius 3 is 2.62 bits per heavy atom. The van der Waals surface area contributed by atoms with Crippen LogP contribution in [0.3, 0.4) is 0 Å². The Morgan fingerprint density at radius 2 is 2.00 bits per heavy atom. The van der Waals surface area contributed by atoms with Gasteiger partial charge in [0.1, 0.15) is 4.47 Å². The highest BCUT2D eigenvalue weighted by Crippen LogP contribution is 2.35. The van der Waals surface area contributed by atoms with Crippen LogP contribution in [0.25, 0.3) is 11.0 Å². The molecule has 1 heterocycles. The maximum Gasteiger partial charge on any atom is 0.350 e. The normalized spacial score (nSPS) is 10.4. The minimum Gasteiger partial charge on any atom is -0.493 e. The second-order valence-corrected chi connectivity index (χ2v) is 3.96. The molecule has 0 N–H and O–H groups in total. The summed E-state index contributed by atoms with van der Waals surface area (Å²) in [6.07, 6.45) is 0. The molecule has 0 saturated heterocycles. The number of fused-ring (bicyclic) bond motifs is 1. The zero-order valence-corrected chi connectivity index (χ0v) is 10.3. The lowest BCUT2D eigenvalue weighted by Crippen LogP contribution is -2.00. The van der Waals surface area contributed by atoms with E-state index in [2.05, 4.69) is 15.9 Å². The van der Waals surface area contributed by atoms with Gasteiger partial charge in [-0.05, 0) is 34.1 Å². The SMILES string of the molecule is COc1ccc2cc(Br)c(=O)oc2c1OC. The van der Waals surface area contributed by atoms with E-state index in [-0.39, 0.29) is 0 Å². The van der Waals surface area contributed by atoms with E-state index in [9.17, 15) is 4.79 Å². The van der Waals surface area contributed by atoms with Gasteiger partial charge in [-0.1, -0.05) is 0 Å². The van der Waals surface area contributed by atoms with Crippen molar-refractivity contribution in [3.63, 3.8) is 0 Å². The molecule has 0 amide bonds. The Balaban J connectivity index is 2.86. The maximum atomic E-state index is 11.4. The molecule has 0 spiro atoms. The number of benzene rings is 1. The third-order valence-corrected chi connectivity index (χ3v) is 2.76. The molecule has 0 radical (unpaired) electrons. The third-order valence-electron chi connectivity index (χ3n) is 2.20. The average Bonchev–Trinajstić information content (AvgIpc) is 2.29. The molecule has 16 heavy (non-hydrogen) atoms. The first-order chi connectivity index (χ1) is 7.67. The smallest absolute Gasteiger partial charge is 0.350 e. The van der Waals surface area contributed by atoms with Gasteiger partial charge in [-0.15, -0.1) is 0 Å². The van der Waals surface area contributed by atoms with Crippen molar-refractivity contribution in [3.05, 3.63) is 33.1 Å². The highest BCUT2D eigenvalue weighted by molar-refractivity contribution is 9.10. The van der Waals surface area contributed by atoms with Crippen LogP contribution in [-0.2, 0) is 0 Å². The van der Waals surface area contributed by atoms with E-state index in [0.717, 1.165) is 5.39 Å². The minimum atomic E-state index is -0.445. The molecule has 4 nitrogen and oxygen atoms in total. The van der Waals surface area contributed by atoms with Gasteiger partial charge < -0.3 is 13.9 Å². The number of halogens is 1. The fourth-order valence-corrected chi connectivity index (χ4v) is 1.80. The molecule has 0 aliphatic carbocycles. The number of hydrogen-bond acceptors (Lipinski definition) is 4. The third kappa shape index (κ3) is 1.67. The van der Waals surface area contributed by atoms with Crippen LogP contribution in [0.1, 0.15) is 0 Å². The van der Waals surface area contributed by atoms with Gasteiger partial charge >= 0.3 is 5.63 Å². The van der Waals surface area contributed by atoms with Crippen molar-refractivity contribution in [2.24, 2.45) is 0 Å². The van der Waals surface area contributed by atoms with Crippen molar-refractivity contribution in [1.29, 1.82) is 0 Å². The molecular formula is C11H9BrO4. The molecule has 0 saturated carbocycles. The van der Waals surface area contributed by atoms with Crippen LogP contribution >= 0.6 is 15.9 Å². The van der Waals surface area contributed by atoms with Crippen LogP contribution < -0.4 is 15.1 Å². The van der Waals surface area contributed by atoms with E-state index in [1.54, 1.807) is 18.2 Å². The van der Waals surface area contributed by atoms with Crippen LogP contribution in [0.5, 0.6) is 11.5 Å². The van der Waals surface area contributed by atoms with Crippen molar-refractivity contribution in [3.8, 4) is 11.5 Å². The predicted molar refractivity (Wildman–Crippen MR) is 63.3 cm³/mol. The summed E-state index contributed by atoms with van der Waals surface area (Å²) in [6, 6.07) is 5.24. The van der Waals surface area contributed by atoms with Crippen molar-refractivity contribution < 1.29 is 13.9 Å². The van der Waals surface area contributed by atoms with Gasteiger partial charge in [0.05, 0.1) is 14.2 Å². The van der Waals surface area contributed by atoms with Gasteiger partial charge in [0.15, 0.2) is 11.3 Å². The molecule has 0 atom stereocenters. The second kappa shape index (κ2) is 4.17. The summed E-state index contributed by atoms with van der Waals surface area (Å²) < 4.78 is 15.8. The highest BCUT2D eigenvalue weighted by atomic mass is 79.9. The topological polar surface area (TPSA) is 48.7 Å². The van der Waals surface area contributed by atoms with Gasteiger partial charge in [0.2, 0.25) is 5.75 Å². The van der Waals surface area contributed by atoms with E-state index < -0.39 is 5.63 Å². The summed E-state index contributed by atoms with van der Waals surface area (Å²) in [4.78, 5) is 11.4. The summed E-state index contributed by atoms with van der Waals surface area (Å²) in [5.74, 6) is 0.949. The molecule has 1 aromatic heterocycles. The van der Waals surface area contributed by atoms with Crippen LogP contribution in [0, 0.1) is 0 Å². The van der Waals surface area contributed by atoms with Crippen LogP contribution in [0.4, 0.5) is 0 Å². The largest absolute Gasteiger partial charge is 0.493 e. The second-order valence-electron chi connectivity index (χ2n) is 3.10. The lowest BCUT2D eigenvalue weighted by Gasteiger charge is -2.08. The summed E-state index contributed by atoms with van der Waals surface area (Å²) in [6.45, 7) is 0. The lowest BCUT2D eigenvalue weighted by atomic mass is 10.2. The number of methoxy groups -OCH3 is 2. The molecule has 0 unspecified atom stereocenters. The molecule has 1 aromatic carbocycles. The van der Waals surface area contributed by atoms with Gasteiger partial charge in [-0.3, -0.25) is 0 Å². The van der Waals surface area contributed by atoms with Crippen LogP contribution in [0.15, 0.2) is 31.9 Å². The molecule has 0 bridgehead atoms. The average molecular weight is 285 g/mol. The van der Waals surface area contributed by atoms with E-state index >= 15 is 0 Å². The summed E-state index contributed by atoms with van der Waals surface area (Å²) >= 11 is 3.12. The zero-order chi connectivity index (χ0) is 11.7. The molecule has 5 heteroatoms. The predicted octanol–water partition coefficient (Wildman–Crippen LogP) is 2.57. The Labute approximate surface area is 99.9 Å². The van der Waals surface area contributed by atoms with Crippen LogP contribution in [0.2, 0.25) is 0 Å². The Kier molecular flexibility index (Phi) is 2.87. The molecular weight excluding hydrogens is 276 g/mol. The Morgan fingerprint density at radius 1 is 1.25 bits per heavy atom. The van der Waals surface area contributed by atoms with E-state index in [1.165, 1.54) is 14.2 Å². The highest BCUT2D eigenvalue weighted by Gasteiger charge is 2.12. The number of ether oxygens (including phenoxy) is 2. The first kappa shape index (κ1) is 11.0. The molecule has 0 fully saturated rings. The minimum absolute atomic E-state index is 0.382.